The fraction of sp³-hybridized carbons (Fsp3) is 1.00. The molecule has 0 aliphatic carbocycles. The third kappa shape index (κ3) is 12.1. The molecule has 0 aromatic rings. The van der Waals surface area contributed by atoms with Crippen molar-refractivity contribution >= 4 is 29.6 Å². The second-order valence-corrected chi connectivity index (χ2v) is 1.48. The minimum absolute atomic E-state index is 0. The van der Waals surface area contributed by atoms with E-state index in [9.17, 15) is 0 Å². The molecule has 9 heavy (non-hydrogen) atoms. The van der Waals surface area contributed by atoms with Gasteiger partial charge < -0.3 is 0 Å². The van der Waals surface area contributed by atoms with Gasteiger partial charge in [-0.3, -0.25) is 23.4 Å². The summed E-state index contributed by atoms with van der Waals surface area (Å²) >= 11 is 0. The topological polar surface area (TPSA) is 111 Å². The molecule has 0 radical (unpaired) electrons. The van der Waals surface area contributed by atoms with E-state index >= 15 is 0 Å². The first kappa shape index (κ1) is 12.4. The van der Waals surface area contributed by atoms with Crippen LogP contribution in [0.4, 0.5) is 0 Å². The number of hydrazine groups is 4. The average Bonchev–Trinajstić information content (AvgIpc) is 1.61. The predicted molar refractivity (Wildman–Crippen MR) is 37.3 cm³/mol. The van der Waals surface area contributed by atoms with E-state index in [4.69, 9.17) is 23.4 Å². The van der Waals surface area contributed by atoms with Gasteiger partial charge in [0.15, 0.2) is 0 Å². The maximum atomic E-state index is 5.01. The summed E-state index contributed by atoms with van der Waals surface area (Å²) in [4.78, 5) is 0. The molecule has 7 heteroatoms. The zero-order chi connectivity index (χ0) is 6.57. The van der Waals surface area contributed by atoms with Gasteiger partial charge in [0.1, 0.15) is 0 Å². The van der Waals surface area contributed by atoms with Crippen LogP contribution < -0.4 is 23.4 Å². The molecule has 0 aromatic heterocycles. The van der Waals surface area contributed by atoms with Crippen LogP contribution in [-0.2, 0) is 0 Å². The number of hydrogen-bond donors (Lipinski definition) is 4. The predicted octanol–water partition coefficient (Wildman–Crippen LogP) is -3.56. The van der Waals surface area contributed by atoms with E-state index in [-0.39, 0.29) is 29.6 Å². The number of nitrogens with zero attached hydrogens (tertiary/aromatic N) is 2. The van der Waals surface area contributed by atoms with Crippen LogP contribution in [0.2, 0.25) is 0 Å². The van der Waals surface area contributed by atoms with E-state index in [0.717, 1.165) is 10.2 Å². The molecule has 0 heterocycles. The van der Waals surface area contributed by atoms with E-state index in [0.29, 0.717) is 13.1 Å². The van der Waals surface area contributed by atoms with Crippen molar-refractivity contribution in [2.24, 2.45) is 23.4 Å². The molecule has 8 N–H and O–H groups in total. The first-order chi connectivity index (χ1) is 3.63. The Morgan fingerprint density at radius 1 is 0.778 bits per heavy atom. The van der Waals surface area contributed by atoms with Crippen molar-refractivity contribution < 1.29 is 0 Å². The number of rotatable bonds is 3. The second-order valence-electron chi connectivity index (χ2n) is 1.48. The van der Waals surface area contributed by atoms with Crippen LogP contribution in [0.3, 0.4) is 0 Å². The fourth-order valence-corrected chi connectivity index (χ4v) is 0.231. The third-order valence-corrected chi connectivity index (χ3v) is 0.616. The maximum absolute atomic E-state index is 5.01. The third-order valence-electron chi connectivity index (χ3n) is 0.616. The summed E-state index contributed by atoms with van der Waals surface area (Å²) in [6, 6.07) is 0. The van der Waals surface area contributed by atoms with E-state index < -0.39 is 0 Å². The first-order valence-electron chi connectivity index (χ1n) is 2.17. The van der Waals surface area contributed by atoms with Crippen molar-refractivity contribution in [2.75, 3.05) is 13.1 Å². The number of hydrogen-bond acceptors (Lipinski definition) is 6. The molecule has 0 aliphatic rings. The van der Waals surface area contributed by atoms with Crippen molar-refractivity contribution in [3.05, 3.63) is 0 Å². The quantitative estimate of drug-likeness (QED) is 0.185. The SMILES string of the molecule is NN(N)CCN(N)N.[NaH]. The van der Waals surface area contributed by atoms with Crippen LogP contribution in [0.25, 0.3) is 0 Å². The zero-order valence-electron chi connectivity index (χ0n) is 4.62. The Morgan fingerprint density at radius 2 is 1.00 bits per heavy atom. The molecule has 0 saturated heterocycles. The summed E-state index contributed by atoms with van der Waals surface area (Å²) in [6.07, 6.45) is 0. The molecule has 0 fully saturated rings. The monoisotopic (exact) mass is 144 g/mol. The summed E-state index contributed by atoms with van der Waals surface area (Å²) in [5, 5.41) is 2.04. The summed E-state index contributed by atoms with van der Waals surface area (Å²) in [5.41, 5.74) is 0. The average molecular weight is 144 g/mol. The Labute approximate surface area is 76.3 Å². The Kier molecular flexibility index (Phi) is 9.50. The van der Waals surface area contributed by atoms with Crippen molar-refractivity contribution in [3.63, 3.8) is 0 Å². The van der Waals surface area contributed by atoms with Crippen molar-refractivity contribution in [2.45, 2.75) is 0 Å². The standard InChI is InChI=1S/C2H12N6.Na.H/c3-7(4)1-2-8(5)6;;/h1-6H2;;. The van der Waals surface area contributed by atoms with Gasteiger partial charge in [0.25, 0.3) is 0 Å². The Balaban J connectivity index is 0. The molecule has 0 bridgehead atoms. The molecule has 0 unspecified atom stereocenters. The van der Waals surface area contributed by atoms with Gasteiger partial charge in [-0.25, -0.2) is 0 Å². The van der Waals surface area contributed by atoms with Crippen molar-refractivity contribution in [1.82, 2.24) is 10.2 Å². The fourth-order valence-electron chi connectivity index (χ4n) is 0.231. The van der Waals surface area contributed by atoms with Crippen LogP contribution in [-0.4, -0.2) is 52.9 Å². The second kappa shape index (κ2) is 6.87. The molecule has 0 amide bonds. The van der Waals surface area contributed by atoms with E-state index in [1.54, 1.807) is 0 Å². The molecule has 52 valence electrons. The van der Waals surface area contributed by atoms with Gasteiger partial charge in [0.05, 0.1) is 0 Å². The summed E-state index contributed by atoms with van der Waals surface area (Å²) in [7, 11) is 0. The Hall–Kier alpha value is 0.760. The van der Waals surface area contributed by atoms with Gasteiger partial charge in [-0.1, -0.05) is 0 Å². The van der Waals surface area contributed by atoms with E-state index in [2.05, 4.69) is 0 Å². The van der Waals surface area contributed by atoms with E-state index in [1.807, 2.05) is 0 Å². The molecular formula is C2H13N6Na. The molecular weight excluding hydrogens is 131 g/mol. The van der Waals surface area contributed by atoms with Gasteiger partial charge in [0.2, 0.25) is 0 Å². The van der Waals surface area contributed by atoms with Gasteiger partial charge in [-0.2, -0.15) is 10.2 Å². The molecule has 0 aliphatic heterocycles. The van der Waals surface area contributed by atoms with Crippen LogP contribution in [0.5, 0.6) is 0 Å². The normalized spacial score (nSPS) is 10.0. The number of nitrogens with two attached hydrogens (primary N) is 4. The minimum atomic E-state index is 0. The summed E-state index contributed by atoms with van der Waals surface area (Å²) in [6.45, 7) is 0.903. The van der Waals surface area contributed by atoms with E-state index in [1.165, 1.54) is 0 Å². The first-order valence-corrected chi connectivity index (χ1v) is 2.17. The van der Waals surface area contributed by atoms with Crippen molar-refractivity contribution in [3.8, 4) is 0 Å². The van der Waals surface area contributed by atoms with Crippen molar-refractivity contribution in [1.29, 1.82) is 0 Å². The van der Waals surface area contributed by atoms with Crippen LogP contribution in [0, 0.1) is 0 Å². The van der Waals surface area contributed by atoms with Gasteiger partial charge in [-0.05, 0) is 0 Å². The molecule has 0 rings (SSSR count). The molecule has 6 nitrogen and oxygen atoms in total. The Morgan fingerprint density at radius 3 is 1.11 bits per heavy atom. The molecule has 0 saturated carbocycles. The Bertz CT molecular complexity index is 47.0. The molecule has 0 atom stereocenters. The molecule has 0 spiro atoms. The molecule has 0 aromatic carbocycles. The summed E-state index contributed by atoms with van der Waals surface area (Å²) < 4.78 is 0. The summed E-state index contributed by atoms with van der Waals surface area (Å²) in [5.74, 6) is 20.1. The van der Waals surface area contributed by atoms with Gasteiger partial charge in [-0.15, -0.1) is 0 Å². The van der Waals surface area contributed by atoms with Crippen LogP contribution in [0.15, 0.2) is 0 Å². The zero-order valence-corrected chi connectivity index (χ0v) is 4.62. The van der Waals surface area contributed by atoms with Crippen LogP contribution >= 0.6 is 0 Å². The van der Waals surface area contributed by atoms with Gasteiger partial charge in [0, 0.05) is 13.1 Å². The van der Waals surface area contributed by atoms with Gasteiger partial charge >= 0.3 is 29.6 Å². The van der Waals surface area contributed by atoms with Crippen LogP contribution in [0.1, 0.15) is 0 Å².